The highest BCUT2D eigenvalue weighted by atomic mass is 16.5. The Morgan fingerprint density at radius 2 is 1.93 bits per heavy atom. The third-order valence-corrected chi connectivity index (χ3v) is 5.60. The SMILES string of the molecule is COc1ccc(-c2nc(CN3C[C@@H](O)[C@H](N(C)C)C3)c(C)o2)c2ccccc12. The molecule has 1 aliphatic heterocycles. The fourth-order valence-corrected chi connectivity index (χ4v) is 4.02. The number of hydrogen-bond acceptors (Lipinski definition) is 6. The lowest BCUT2D eigenvalue weighted by atomic mass is 10.0. The first-order chi connectivity index (χ1) is 13.5. The lowest BCUT2D eigenvalue weighted by Crippen LogP contribution is -2.37. The highest BCUT2D eigenvalue weighted by Crippen LogP contribution is 2.35. The van der Waals surface area contributed by atoms with E-state index in [1.807, 2.05) is 51.4 Å². The Balaban J connectivity index is 1.63. The van der Waals surface area contributed by atoms with E-state index in [2.05, 4.69) is 15.9 Å². The Kier molecular flexibility index (Phi) is 5.10. The standard InChI is InChI=1S/C22H27N3O3/c1-14-18(11-25-12-19(24(2)3)20(26)13-25)23-22(28-14)17-9-10-21(27-4)16-8-6-5-7-15(16)17/h5-10,19-20,26H,11-13H2,1-4H3/t19-,20-/m1/s1. The Hall–Kier alpha value is -2.41. The van der Waals surface area contributed by atoms with Crippen LogP contribution in [0.5, 0.6) is 5.75 Å². The van der Waals surface area contributed by atoms with Gasteiger partial charge < -0.3 is 19.2 Å². The molecule has 1 aliphatic rings. The van der Waals surface area contributed by atoms with Gasteiger partial charge in [0.1, 0.15) is 11.5 Å². The van der Waals surface area contributed by atoms with Gasteiger partial charge in [-0.05, 0) is 38.5 Å². The average Bonchev–Trinajstić information content (AvgIpc) is 3.23. The Bertz CT molecular complexity index is 982. The van der Waals surface area contributed by atoms with E-state index in [1.165, 1.54) is 0 Å². The van der Waals surface area contributed by atoms with Gasteiger partial charge in [-0.25, -0.2) is 4.98 Å². The van der Waals surface area contributed by atoms with Crippen molar-refractivity contribution in [3.05, 3.63) is 47.9 Å². The molecular weight excluding hydrogens is 354 g/mol. The van der Waals surface area contributed by atoms with Crippen LogP contribution in [-0.2, 0) is 6.54 Å². The highest BCUT2D eigenvalue weighted by molar-refractivity contribution is 5.98. The van der Waals surface area contributed by atoms with E-state index in [1.54, 1.807) is 7.11 Å². The maximum atomic E-state index is 10.3. The van der Waals surface area contributed by atoms with Crippen molar-refractivity contribution in [3.8, 4) is 17.2 Å². The molecule has 0 aliphatic carbocycles. The van der Waals surface area contributed by atoms with Crippen LogP contribution >= 0.6 is 0 Å². The summed E-state index contributed by atoms with van der Waals surface area (Å²) in [6, 6.07) is 12.2. The molecule has 0 bridgehead atoms. The molecule has 0 saturated carbocycles. The summed E-state index contributed by atoms with van der Waals surface area (Å²) in [5.74, 6) is 2.27. The van der Waals surface area contributed by atoms with Crippen LogP contribution in [0.3, 0.4) is 0 Å². The molecule has 1 aromatic heterocycles. The zero-order chi connectivity index (χ0) is 19.8. The monoisotopic (exact) mass is 381 g/mol. The van der Waals surface area contributed by atoms with Gasteiger partial charge in [0.25, 0.3) is 0 Å². The van der Waals surface area contributed by atoms with Crippen molar-refractivity contribution in [2.45, 2.75) is 25.6 Å². The molecule has 0 spiro atoms. The first-order valence-electron chi connectivity index (χ1n) is 9.57. The Labute approximate surface area is 165 Å². The molecule has 1 fully saturated rings. The number of aromatic nitrogens is 1. The van der Waals surface area contributed by atoms with E-state index in [9.17, 15) is 5.11 Å². The van der Waals surface area contributed by atoms with Crippen LogP contribution in [0.25, 0.3) is 22.2 Å². The third-order valence-electron chi connectivity index (χ3n) is 5.60. The molecular formula is C22H27N3O3. The van der Waals surface area contributed by atoms with Gasteiger partial charge in [0.2, 0.25) is 5.89 Å². The molecule has 0 amide bonds. The molecule has 6 heteroatoms. The normalized spacial score (nSPS) is 20.4. The minimum Gasteiger partial charge on any atom is -0.496 e. The van der Waals surface area contributed by atoms with Crippen molar-refractivity contribution in [2.75, 3.05) is 34.3 Å². The van der Waals surface area contributed by atoms with Gasteiger partial charge in [0.15, 0.2) is 0 Å². The van der Waals surface area contributed by atoms with Crippen molar-refractivity contribution >= 4 is 10.8 Å². The van der Waals surface area contributed by atoms with E-state index in [4.69, 9.17) is 14.1 Å². The maximum Gasteiger partial charge on any atom is 0.227 e. The maximum absolute atomic E-state index is 10.3. The topological polar surface area (TPSA) is 62.0 Å². The van der Waals surface area contributed by atoms with Crippen molar-refractivity contribution in [3.63, 3.8) is 0 Å². The first-order valence-corrected chi connectivity index (χ1v) is 9.57. The van der Waals surface area contributed by atoms with Crippen LogP contribution in [0.1, 0.15) is 11.5 Å². The molecule has 3 aromatic rings. The van der Waals surface area contributed by atoms with E-state index in [-0.39, 0.29) is 12.1 Å². The predicted molar refractivity (Wildman–Crippen MR) is 109 cm³/mol. The number of benzene rings is 2. The lowest BCUT2D eigenvalue weighted by Gasteiger charge is -2.21. The van der Waals surface area contributed by atoms with Gasteiger partial charge >= 0.3 is 0 Å². The van der Waals surface area contributed by atoms with Crippen LogP contribution < -0.4 is 4.74 Å². The first kappa shape index (κ1) is 18.9. The number of rotatable bonds is 5. The second kappa shape index (κ2) is 7.54. The average molecular weight is 381 g/mol. The fourth-order valence-electron chi connectivity index (χ4n) is 4.02. The number of aliphatic hydroxyl groups is 1. The Morgan fingerprint density at radius 1 is 1.18 bits per heavy atom. The van der Waals surface area contributed by atoms with Crippen molar-refractivity contribution in [1.29, 1.82) is 0 Å². The fraction of sp³-hybridized carbons (Fsp3) is 0.409. The van der Waals surface area contributed by atoms with Gasteiger partial charge in [-0.3, -0.25) is 4.90 Å². The quantitative estimate of drug-likeness (QED) is 0.733. The summed E-state index contributed by atoms with van der Waals surface area (Å²) >= 11 is 0. The largest absolute Gasteiger partial charge is 0.496 e. The van der Waals surface area contributed by atoms with E-state index < -0.39 is 0 Å². The number of aliphatic hydroxyl groups excluding tert-OH is 1. The smallest absolute Gasteiger partial charge is 0.227 e. The Morgan fingerprint density at radius 3 is 2.61 bits per heavy atom. The number of β-amino-alcohol motifs (C(OH)–C–C–N with tert-alkyl or cyclic N) is 1. The summed E-state index contributed by atoms with van der Waals surface area (Å²) in [6.45, 7) is 4.09. The van der Waals surface area contributed by atoms with Crippen molar-refractivity contribution in [1.82, 2.24) is 14.8 Å². The minimum absolute atomic E-state index is 0.150. The molecule has 0 unspecified atom stereocenters. The molecule has 1 N–H and O–H groups in total. The molecule has 28 heavy (non-hydrogen) atoms. The summed E-state index contributed by atoms with van der Waals surface area (Å²) in [7, 11) is 5.69. The van der Waals surface area contributed by atoms with Crippen LogP contribution in [0.15, 0.2) is 40.8 Å². The zero-order valence-corrected chi connectivity index (χ0v) is 16.8. The van der Waals surface area contributed by atoms with Crippen LogP contribution in [-0.4, -0.2) is 66.3 Å². The molecule has 4 rings (SSSR count). The second-order valence-electron chi connectivity index (χ2n) is 7.68. The van der Waals surface area contributed by atoms with Gasteiger partial charge in [0, 0.05) is 36.6 Å². The number of aryl methyl sites for hydroxylation is 1. The second-order valence-corrected chi connectivity index (χ2v) is 7.68. The molecule has 2 aromatic carbocycles. The van der Waals surface area contributed by atoms with Crippen LogP contribution in [0.2, 0.25) is 0 Å². The number of ether oxygens (including phenoxy) is 1. The molecule has 0 radical (unpaired) electrons. The number of hydrogen-bond donors (Lipinski definition) is 1. The molecule has 1 saturated heterocycles. The van der Waals surface area contributed by atoms with Crippen LogP contribution in [0.4, 0.5) is 0 Å². The van der Waals surface area contributed by atoms with Gasteiger partial charge in [-0.1, -0.05) is 24.3 Å². The predicted octanol–water partition coefficient (Wildman–Crippen LogP) is 2.92. The van der Waals surface area contributed by atoms with E-state index in [0.29, 0.717) is 19.0 Å². The zero-order valence-electron chi connectivity index (χ0n) is 16.8. The van der Waals surface area contributed by atoms with Gasteiger partial charge in [0.05, 0.1) is 18.9 Å². The van der Waals surface area contributed by atoms with Crippen LogP contribution in [0, 0.1) is 6.92 Å². The van der Waals surface area contributed by atoms with Gasteiger partial charge in [-0.15, -0.1) is 0 Å². The summed E-state index contributed by atoms with van der Waals surface area (Å²) < 4.78 is 11.5. The van der Waals surface area contributed by atoms with Crippen molar-refractivity contribution in [2.24, 2.45) is 0 Å². The minimum atomic E-state index is -0.341. The third kappa shape index (κ3) is 3.39. The summed E-state index contributed by atoms with van der Waals surface area (Å²) in [6.07, 6.45) is -0.341. The number of nitrogens with zero attached hydrogens (tertiary/aromatic N) is 3. The molecule has 2 atom stereocenters. The van der Waals surface area contributed by atoms with Gasteiger partial charge in [-0.2, -0.15) is 0 Å². The summed E-state index contributed by atoms with van der Waals surface area (Å²) in [4.78, 5) is 9.11. The van der Waals surface area contributed by atoms with E-state index >= 15 is 0 Å². The van der Waals surface area contributed by atoms with Crippen molar-refractivity contribution < 1.29 is 14.3 Å². The molecule has 148 valence electrons. The highest BCUT2D eigenvalue weighted by Gasteiger charge is 2.33. The van der Waals surface area contributed by atoms with E-state index in [0.717, 1.165) is 40.1 Å². The number of likely N-dealkylation sites (tertiary alicyclic amines) is 1. The molecule has 6 nitrogen and oxygen atoms in total. The number of likely N-dealkylation sites (N-methyl/N-ethyl adjacent to an activating group) is 1. The number of fused-ring (bicyclic) bond motifs is 1. The summed E-state index contributed by atoms with van der Waals surface area (Å²) in [5.41, 5.74) is 1.87. The lowest BCUT2D eigenvalue weighted by molar-refractivity contribution is 0.112. The number of methoxy groups -OCH3 is 1. The summed E-state index contributed by atoms with van der Waals surface area (Å²) in [5, 5.41) is 12.4. The number of oxazole rings is 1. The molecule has 2 heterocycles.